The third kappa shape index (κ3) is 5.16. The number of benzene rings is 2. The van der Waals surface area contributed by atoms with Gasteiger partial charge < -0.3 is 20.0 Å². The maximum absolute atomic E-state index is 13.1. The van der Waals surface area contributed by atoms with Crippen LogP contribution in [-0.4, -0.2) is 66.3 Å². The number of amides is 3. The van der Waals surface area contributed by atoms with Crippen LogP contribution in [0.15, 0.2) is 48.5 Å². The molecule has 4 rings (SSSR count). The second-order valence-electron chi connectivity index (χ2n) is 8.86. The molecule has 7 nitrogen and oxygen atoms in total. The normalized spacial score (nSPS) is 18.7. The van der Waals surface area contributed by atoms with Crippen molar-refractivity contribution in [3.63, 3.8) is 0 Å². The van der Waals surface area contributed by atoms with Gasteiger partial charge in [0.15, 0.2) is 0 Å². The van der Waals surface area contributed by atoms with E-state index in [0.29, 0.717) is 44.0 Å². The van der Waals surface area contributed by atoms with Crippen LogP contribution >= 0.6 is 0 Å². The Kier molecular flexibility index (Phi) is 6.62. The Hall–Kier alpha value is -3.42. The maximum atomic E-state index is 13.1. The molecule has 3 amide bonds. The summed E-state index contributed by atoms with van der Waals surface area (Å²) in [6.07, 6.45) is 0.227. The highest BCUT2D eigenvalue weighted by molar-refractivity contribution is 5.98. The second kappa shape index (κ2) is 9.60. The Morgan fingerprint density at radius 2 is 1.61 bits per heavy atom. The van der Waals surface area contributed by atoms with Gasteiger partial charge in [-0.25, -0.2) is 4.39 Å². The third-order valence-corrected chi connectivity index (χ3v) is 6.31. The number of hydrogen-bond donors (Lipinski definition) is 1. The summed E-state index contributed by atoms with van der Waals surface area (Å²) in [5, 5.41) is 2.86. The maximum Gasteiger partial charge on any atom is 0.253 e. The number of hydrogen-bond acceptors (Lipinski definition) is 4. The Morgan fingerprint density at radius 1 is 0.970 bits per heavy atom. The number of piperazine rings is 1. The van der Waals surface area contributed by atoms with Gasteiger partial charge in [-0.3, -0.25) is 14.4 Å². The Morgan fingerprint density at radius 3 is 2.18 bits per heavy atom. The lowest BCUT2D eigenvalue weighted by Gasteiger charge is -2.36. The number of carbonyl (C=O) groups is 3. The molecule has 2 aliphatic heterocycles. The molecule has 0 aromatic heterocycles. The Balaban J connectivity index is 1.30. The molecule has 33 heavy (non-hydrogen) atoms. The van der Waals surface area contributed by atoms with Crippen LogP contribution < -0.4 is 10.2 Å². The van der Waals surface area contributed by atoms with E-state index < -0.39 is 0 Å². The fourth-order valence-electron chi connectivity index (χ4n) is 4.35. The molecule has 8 heteroatoms. The van der Waals surface area contributed by atoms with Crippen LogP contribution in [0.3, 0.4) is 0 Å². The van der Waals surface area contributed by atoms with Gasteiger partial charge in [0, 0.05) is 62.1 Å². The standard InChI is InChI=1S/C25H29FN4O3/c1-17(2)30-16-19(15-23(30)31)24(32)27-21-7-3-18(4-8-21)25(33)29-13-11-28(12-14-29)22-9-5-20(26)6-10-22/h3-10,17,19H,11-16H2,1-2H3,(H,27,32). The van der Waals surface area contributed by atoms with Crippen molar-refractivity contribution in [2.75, 3.05) is 42.9 Å². The van der Waals surface area contributed by atoms with Gasteiger partial charge in [-0.15, -0.1) is 0 Å². The topological polar surface area (TPSA) is 73.0 Å². The Bertz CT molecular complexity index is 1010. The van der Waals surface area contributed by atoms with Gasteiger partial charge in [-0.05, 0) is 62.4 Å². The largest absolute Gasteiger partial charge is 0.368 e. The fraction of sp³-hybridized carbons (Fsp3) is 0.400. The van der Waals surface area contributed by atoms with Crippen LogP contribution in [0.5, 0.6) is 0 Å². The highest BCUT2D eigenvalue weighted by atomic mass is 19.1. The quantitative estimate of drug-likeness (QED) is 0.757. The summed E-state index contributed by atoms with van der Waals surface area (Å²) in [5.74, 6) is -0.853. The van der Waals surface area contributed by atoms with E-state index in [0.717, 1.165) is 5.69 Å². The van der Waals surface area contributed by atoms with Crippen molar-refractivity contribution in [1.29, 1.82) is 0 Å². The summed E-state index contributed by atoms with van der Waals surface area (Å²) in [7, 11) is 0. The van der Waals surface area contributed by atoms with Crippen LogP contribution in [0.1, 0.15) is 30.6 Å². The van der Waals surface area contributed by atoms with Crippen molar-refractivity contribution in [3.8, 4) is 0 Å². The highest BCUT2D eigenvalue weighted by Gasteiger charge is 2.35. The van der Waals surface area contributed by atoms with Crippen molar-refractivity contribution in [2.24, 2.45) is 5.92 Å². The van der Waals surface area contributed by atoms with Gasteiger partial charge in [0.05, 0.1) is 5.92 Å². The first-order valence-corrected chi connectivity index (χ1v) is 11.3. The van der Waals surface area contributed by atoms with Gasteiger partial charge in [0.1, 0.15) is 5.82 Å². The molecular formula is C25H29FN4O3. The van der Waals surface area contributed by atoms with Crippen LogP contribution in [0.4, 0.5) is 15.8 Å². The first kappa shape index (κ1) is 22.8. The average Bonchev–Trinajstić information content (AvgIpc) is 3.22. The molecule has 0 aliphatic carbocycles. The van der Waals surface area contributed by atoms with E-state index in [1.807, 2.05) is 13.8 Å². The molecule has 174 valence electrons. The van der Waals surface area contributed by atoms with E-state index in [1.165, 1.54) is 12.1 Å². The highest BCUT2D eigenvalue weighted by Crippen LogP contribution is 2.23. The molecule has 1 N–H and O–H groups in total. The predicted octanol–water partition coefficient (Wildman–Crippen LogP) is 2.98. The van der Waals surface area contributed by atoms with Crippen LogP contribution in [0.2, 0.25) is 0 Å². The van der Waals surface area contributed by atoms with Crippen LogP contribution in [0.25, 0.3) is 0 Å². The number of carbonyl (C=O) groups excluding carboxylic acids is 3. The number of halogens is 1. The lowest BCUT2D eigenvalue weighted by molar-refractivity contribution is -0.129. The van der Waals surface area contributed by atoms with Crippen LogP contribution in [-0.2, 0) is 9.59 Å². The molecule has 1 unspecified atom stereocenters. The monoisotopic (exact) mass is 452 g/mol. The Labute approximate surface area is 193 Å². The van der Waals surface area contributed by atoms with E-state index in [4.69, 9.17) is 0 Å². The molecule has 2 aromatic rings. The van der Waals surface area contributed by atoms with E-state index in [9.17, 15) is 18.8 Å². The lowest BCUT2D eigenvalue weighted by atomic mass is 10.1. The summed E-state index contributed by atoms with van der Waals surface area (Å²) >= 11 is 0. The summed E-state index contributed by atoms with van der Waals surface area (Å²) in [6, 6.07) is 13.3. The number of anilines is 2. The van der Waals surface area contributed by atoms with Gasteiger partial charge in [-0.1, -0.05) is 0 Å². The minimum absolute atomic E-state index is 0.00520. The number of nitrogens with one attached hydrogen (secondary N) is 1. The first-order valence-electron chi connectivity index (χ1n) is 11.3. The zero-order valence-electron chi connectivity index (χ0n) is 19.0. The number of nitrogens with zero attached hydrogens (tertiary/aromatic N) is 3. The first-order chi connectivity index (χ1) is 15.8. The number of rotatable bonds is 5. The minimum atomic E-state index is -0.362. The van der Waals surface area contributed by atoms with E-state index in [1.54, 1.807) is 46.2 Å². The van der Waals surface area contributed by atoms with Gasteiger partial charge >= 0.3 is 0 Å². The smallest absolute Gasteiger partial charge is 0.253 e. The summed E-state index contributed by atoms with van der Waals surface area (Å²) in [4.78, 5) is 43.2. The molecule has 0 saturated carbocycles. The molecule has 0 bridgehead atoms. The zero-order valence-corrected chi connectivity index (χ0v) is 19.0. The van der Waals surface area contributed by atoms with Gasteiger partial charge in [0.2, 0.25) is 11.8 Å². The summed E-state index contributed by atoms with van der Waals surface area (Å²) < 4.78 is 13.1. The molecule has 2 aliphatic rings. The van der Waals surface area contributed by atoms with Gasteiger partial charge in [0.25, 0.3) is 5.91 Å². The van der Waals surface area contributed by atoms with Crippen molar-refractivity contribution >= 4 is 29.1 Å². The van der Waals surface area contributed by atoms with E-state index in [-0.39, 0.29) is 41.9 Å². The SMILES string of the molecule is CC(C)N1CC(C(=O)Nc2ccc(C(=O)N3CCN(c4ccc(F)cc4)CC3)cc2)CC1=O. The summed E-state index contributed by atoms with van der Waals surface area (Å²) in [5.41, 5.74) is 2.11. The number of likely N-dealkylation sites (tertiary alicyclic amines) is 1. The van der Waals surface area contributed by atoms with Crippen LogP contribution in [0, 0.1) is 11.7 Å². The van der Waals surface area contributed by atoms with Crippen molar-refractivity contribution in [1.82, 2.24) is 9.80 Å². The molecule has 2 saturated heterocycles. The van der Waals surface area contributed by atoms with E-state index >= 15 is 0 Å². The van der Waals surface area contributed by atoms with Crippen molar-refractivity contribution in [2.45, 2.75) is 26.3 Å². The molecule has 0 radical (unpaired) electrons. The van der Waals surface area contributed by atoms with Gasteiger partial charge in [-0.2, -0.15) is 0 Å². The summed E-state index contributed by atoms with van der Waals surface area (Å²) in [6.45, 7) is 6.83. The molecule has 0 spiro atoms. The molecule has 2 aromatic carbocycles. The molecule has 2 fully saturated rings. The fourth-order valence-corrected chi connectivity index (χ4v) is 4.35. The lowest BCUT2D eigenvalue weighted by Crippen LogP contribution is -2.48. The predicted molar refractivity (Wildman–Crippen MR) is 125 cm³/mol. The average molecular weight is 453 g/mol. The molecule has 1 atom stereocenters. The molecular weight excluding hydrogens is 423 g/mol. The molecule has 2 heterocycles. The van der Waals surface area contributed by atoms with E-state index in [2.05, 4.69) is 10.2 Å². The third-order valence-electron chi connectivity index (χ3n) is 6.31. The second-order valence-corrected chi connectivity index (χ2v) is 8.86. The zero-order chi connectivity index (χ0) is 23.5. The van der Waals surface area contributed by atoms with Crippen molar-refractivity contribution < 1.29 is 18.8 Å². The minimum Gasteiger partial charge on any atom is -0.368 e. The van der Waals surface area contributed by atoms with Crippen molar-refractivity contribution in [3.05, 3.63) is 59.9 Å².